The number of hydrogen-bond acceptors (Lipinski definition) is 5. The van der Waals surface area contributed by atoms with Crippen molar-refractivity contribution in [2.24, 2.45) is 0 Å². The summed E-state index contributed by atoms with van der Waals surface area (Å²) in [5, 5.41) is 11.2. The summed E-state index contributed by atoms with van der Waals surface area (Å²) in [6.45, 7) is 5.06. The molecule has 0 spiro atoms. The van der Waals surface area contributed by atoms with E-state index in [1.807, 2.05) is 24.6 Å². The van der Waals surface area contributed by atoms with Crippen LogP contribution in [-0.4, -0.2) is 32.4 Å². The predicted molar refractivity (Wildman–Crippen MR) is 79.3 cm³/mol. The Balaban J connectivity index is 1.37. The SMILES string of the molecule is Cc1cc(C)n(CCC(=O)NCCc2noc(C3CC3)n2)n1. The number of aromatic nitrogens is 4. The van der Waals surface area contributed by atoms with Gasteiger partial charge in [0.15, 0.2) is 5.82 Å². The van der Waals surface area contributed by atoms with Crippen molar-refractivity contribution in [3.63, 3.8) is 0 Å². The molecule has 118 valence electrons. The molecule has 0 radical (unpaired) electrons. The van der Waals surface area contributed by atoms with Gasteiger partial charge in [0, 0.05) is 37.5 Å². The molecule has 0 aliphatic heterocycles. The van der Waals surface area contributed by atoms with E-state index in [-0.39, 0.29) is 5.91 Å². The quantitative estimate of drug-likeness (QED) is 0.838. The maximum Gasteiger partial charge on any atom is 0.229 e. The third-order valence-corrected chi connectivity index (χ3v) is 3.74. The number of rotatable bonds is 7. The van der Waals surface area contributed by atoms with Crippen molar-refractivity contribution in [1.82, 2.24) is 25.2 Å². The lowest BCUT2D eigenvalue weighted by molar-refractivity contribution is -0.121. The number of hydrogen-bond donors (Lipinski definition) is 1. The summed E-state index contributed by atoms with van der Waals surface area (Å²) in [5.41, 5.74) is 2.05. The second kappa shape index (κ2) is 6.29. The molecular formula is C15H21N5O2. The highest BCUT2D eigenvalue weighted by molar-refractivity contribution is 5.75. The van der Waals surface area contributed by atoms with E-state index >= 15 is 0 Å². The second-order valence-corrected chi connectivity index (χ2v) is 5.82. The highest BCUT2D eigenvalue weighted by Crippen LogP contribution is 2.38. The normalized spacial score (nSPS) is 14.3. The second-order valence-electron chi connectivity index (χ2n) is 5.82. The van der Waals surface area contributed by atoms with Crippen LogP contribution in [0.5, 0.6) is 0 Å². The minimum atomic E-state index is 0.0125. The monoisotopic (exact) mass is 303 g/mol. The van der Waals surface area contributed by atoms with E-state index in [0.717, 1.165) is 30.1 Å². The molecule has 7 nitrogen and oxygen atoms in total. The van der Waals surface area contributed by atoms with Crippen LogP contribution >= 0.6 is 0 Å². The van der Waals surface area contributed by atoms with Gasteiger partial charge in [0.25, 0.3) is 0 Å². The summed E-state index contributed by atoms with van der Waals surface area (Å²) in [5.74, 6) is 1.89. The van der Waals surface area contributed by atoms with E-state index < -0.39 is 0 Å². The van der Waals surface area contributed by atoms with Gasteiger partial charge < -0.3 is 9.84 Å². The largest absolute Gasteiger partial charge is 0.356 e. The molecule has 22 heavy (non-hydrogen) atoms. The van der Waals surface area contributed by atoms with Crippen LogP contribution in [0.1, 0.15) is 48.3 Å². The van der Waals surface area contributed by atoms with Crippen LogP contribution in [0.3, 0.4) is 0 Å². The van der Waals surface area contributed by atoms with Crippen LogP contribution in [0.15, 0.2) is 10.6 Å². The van der Waals surface area contributed by atoms with Crippen molar-refractivity contribution in [2.45, 2.75) is 52.0 Å². The molecule has 1 saturated carbocycles. The van der Waals surface area contributed by atoms with Gasteiger partial charge in [-0.1, -0.05) is 5.16 Å². The third-order valence-electron chi connectivity index (χ3n) is 3.74. The Morgan fingerprint density at radius 3 is 2.95 bits per heavy atom. The van der Waals surface area contributed by atoms with Gasteiger partial charge in [-0.15, -0.1) is 0 Å². The summed E-state index contributed by atoms with van der Waals surface area (Å²) in [4.78, 5) is 16.2. The predicted octanol–water partition coefficient (Wildman–Crippen LogP) is 1.51. The minimum Gasteiger partial charge on any atom is -0.356 e. The van der Waals surface area contributed by atoms with Crippen LogP contribution in [0, 0.1) is 13.8 Å². The van der Waals surface area contributed by atoms with Crippen LogP contribution in [-0.2, 0) is 17.8 Å². The lowest BCUT2D eigenvalue weighted by Gasteiger charge is -2.05. The molecule has 0 unspecified atom stereocenters. The van der Waals surface area contributed by atoms with Gasteiger partial charge in [-0.25, -0.2) is 0 Å². The van der Waals surface area contributed by atoms with Gasteiger partial charge in [0.2, 0.25) is 11.8 Å². The molecule has 7 heteroatoms. The van der Waals surface area contributed by atoms with E-state index in [2.05, 4.69) is 20.6 Å². The molecule has 3 rings (SSSR count). The highest BCUT2D eigenvalue weighted by Gasteiger charge is 2.29. The Bertz CT molecular complexity index is 657. The Hall–Kier alpha value is -2.18. The molecule has 2 aromatic heterocycles. The first-order valence-electron chi connectivity index (χ1n) is 7.72. The molecule has 1 fully saturated rings. The molecule has 1 aliphatic rings. The number of amides is 1. The Labute approximate surface area is 129 Å². The molecule has 2 aromatic rings. The molecule has 0 saturated heterocycles. The summed E-state index contributed by atoms with van der Waals surface area (Å²) >= 11 is 0. The smallest absolute Gasteiger partial charge is 0.229 e. The van der Waals surface area contributed by atoms with Gasteiger partial charge in [-0.3, -0.25) is 9.48 Å². The first-order chi connectivity index (χ1) is 10.6. The van der Waals surface area contributed by atoms with Crippen molar-refractivity contribution >= 4 is 5.91 Å². The van der Waals surface area contributed by atoms with E-state index in [4.69, 9.17) is 4.52 Å². The van der Waals surface area contributed by atoms with E-state index in [1.54, 1.807) is 0 Å². The van der Waals surface area contributed by atoms with Crippen LogP contribution in [0.2, 0.25) is 0 Å². The summed E-state index contributed by atoms with van der Waals surface area (Å²) in [6.07, 6.45) is 3.30. The van der Waals surface area contributed by atoms with Gasteiger partial charge >= 0.3 is 0 Å². The van der Waals surface area contributed by atoms with E-state index in [9.17, 15) is 4.79 Å². The summed E-state index contributed by atoms with van der Waals surface area (Å²) in [6, 6.07) is 2.01. The lowest BCUT2D eigenvalue weighted by atomic mass is 10.3. The van der Waals surface area contributed by atoms with Crippen molar-refractivity contribution in [3.8, 4) is 0 Å². The Morgan fingerprint density at radius 2 is 2.27 bits per heavy atom. The lowest BCUT2D eigenvalue weighted by Crippen LogP contribution is -2.27. The number of nitrogens with one attached hydrogen (secondary N) is 1. The zero-order chi connectivity index (χ0) is 15.5. The number of nitrogens with zero attached hydrogens (tertiary/aromatic N) is 4. The fourth-order valence-electron chi connectivity index (χ4n) is 2.38. The third kappa shape index (κ3) is 3.72. The molecule has 1 aliphatic carbocycles. The molecule has 0 bridgehead atoms. The fraction of sp³-hybridized carbons (Fsp3) is 0.600. The fourth-order valence-corrected chi connectivity index (χ4v) is 2.38. The maximum absolute atomic E-state index is 11.8. The van der Waals surface area contributed by atoms with Gasteiger partial charge in [0.05, 0.1) is 5.69 Å². The van der Waals surface area contributed by atoms with Gasteiger partial charge in [0.1, 0.15) is 0 Å². The summed E-state index contributed by atoms with van der Waals surface area (Å²) in [7, 11) is 0. The molecular weight excluding hydrogens is 282 g/mol. The van der Waals surface area contributed by atoms with Crippen molar-refractivity contribution < 1.29 is 9.32 Å². The maximum atomic E-state index is 11.8. The van der Waals surface area contributed by atoms with Crippen molar-refractivity contribution in [3.05, 3.63) is 29.2 Å². The van der Waals surface area contributed by atoms with Crippen LogP contribution in [0.25, 0.3) is 0 Å². The minimum absolute atomic E-state index is 0.0125. The summed E-state index contributed by atoms with van der Waals surface area (Å²) < 4.78 is 7.04. The Kier molecular flexibility index (Phi) is 4.22. The Morgan fingerprint density at radius 1 is 1.45 bits per heavy atom. The number of carbonyl (C=O) groups excluding carboxylic acids is 1. The zero-order valence-electron chi connectivity index (χ0n) is 13.0. The molecule has 0 aromatic carbocycles. The van der Waals surface area contributed by atoms with Gasteiger partial charge in [-0.05, 0) is 32.8 Å². The van der Waals surface area contributed by atoms with Crippen molar-refractivity contribution in [2.75, 3.05) is 6.54 Å². The number of aryl methyl sites for hydroxylation is 3. The highest BCUT2D eigenvalue weighted by atomic mass is 16.5. The topological polar surface area (TPSA) is 85.8 Å². The molecule has 2 heterocycles. The first-order valence-corrected chi connectivity index (χ1v) is 7.72. The number of carbonyl (C=O) groups is 1. The van der Waals surface area contributed by atoms with Crippen molar-refractivity contribution in [1.29, 1.82) is 0 Å². The first kappa shape index (κ1) is 14.7. The molecule has 1 amide bonds. The molecule has 1 N–H and O–H groups in total. The van der Waals surface area contributed by atoms with E-state index in [1.165, 1.54) is 0 Å². The average molecular weight is 303 g/mol. The van der Waals surface area contributed by atoms with Gasteiger partial charge in [-0.2, -0.15) is 10.1 Å². The van der Waals surface area contributed by atoms with Crippen LogP contribution < -0.4 is 5.32 Å². The average Bonchev–Trinajstić information content (AvgIpc) is 3.14. The standard InChI is InChI=1S/C15H21N5O2/c1-10-9-11(2)20(18-10)8-6-14(21)16-7-5-13-17-15(22-19-13)12-3-4-12/h9,12H,3-8H2,1-2H3,(H,16,21). The van der Waals surface area contributed by atoms with E-state index in [0.29, 0.717) is 37.7 Å². The zero-order valence-corrected chi connectivity index (χ0v) is 13.0. The van der Waals surface area contributed by atoms with Crippen LogP contribution in [0.4, 0.5) is 0 Å². The molecule has 0 atom stereocenters.